The van der Waals surface area contributed by atoms with Gasteiger partial charge >= 0.3 is 5.69 Å². The molecule has 0 aliphatic heterocycles. The second-order valence-electron chi connectivity index (χ2n) is 5.14. The minimum atomic E-state index is -0.765. The van der Waals surface area contributed by atoms with Gasteiger partial charge in [-0.1, -0.05) is 0 Å². The van der Waals surface area contributed by atoms with Crippen LogP contribution in [0.1, 0.15) is 30.5 Å². The largest absolute Gasteiger partial charge is 0.328 e. The van der Waals surface area contributed by atoms with Gasteiger partial charge in [0.2, 0.25) is 0 Å². The van der Waals surface area contributed by atoms with Crippen molar-refractivity contribution >= 4 is 0 Å². The van der Waals surface area contributed by atoms with E-state index in [-0.39, 0.29) is 23.8 Å². The van der Waals surface area contributed by atoms with Crippen LogP contribution >= 0.6 is 0 Å². The molecule has 1 aliphatic rings. The summed E-state index contributed by atoms with van der Waals surface area (Å²) in [6, 6.07) is 2.68. The van der Waals surface area contributed by atoms with Crippen LogP contribution in [0.5, 0.6) is 0 Å². The Kier molecular flexibility index (Phi) is 3.17. The number of imidazole rings is 1. The molecular formula is C14H15F2N3O. The van der Waals surface area contributed by atoms with E-state index in [1.165, 1.54) is 4.57 Å². The molecule has 1 aromatic heterocycles. The molecule has 1 fully saturated rings. The fraction of sp³-hybridized carbons (Fsp3) is 0.357. The molecule has 0 radical (unpaired) electrons. The molecule has 3 rings (SSSR count). The Labute approximate surface area is 114 Å². The molecule has 1 heterocycles. The maximum absolute atomic E-state index is 13.6. The van der Waals surface area contributed by atoms with Crippen LogP contribution in [0.2, 0.25) is 0 Å². The Morgan fingerprint density at radius 3 is 2.75 bits per heavy atom. The number of benzene rings is 1. The number of halogens is 2. The van der Waals surface area contributed by atoms with Gasteiger partial charge in [-0.05, 0) is 31.0 Å². The Bertz CT molecular complexity index is 688. The Hall–Kier alpha value is -1.95. The molecule has 0 spiro atoms. The average Bonchev–Trinajstić information content (AvgIpc) is 3.19. The van der Waals surface area contributed by atoms with Crippen molar-refractivity contribution in [2.24, 2.45) is 5.73 Å². The number of rotatable bonds is 4. The summed E-state index contributed by atoms with van der Waals surface area (Å²) < 4.78 is 29.9. The fourth-order valence-electron chi connectivity index (χ4n) is 2.31. The number of nitrogens with zero attached hydrogens (tertiary/aromatic N) is 2. The van der Waals surface area contributed by atoms with E-state index < -0.39 is 17.7 Å². The number of nitrogens with two attached hydrogens (primary N) is 1. The van der Waals surface area contributed by atoms with Crippen LogP contribution in [0, 0.1) is 11.6 Å². The second-order valence-corrected chi connectivity index (χ2v) is 5.14. The highest BCUT2D eigenvalue weighted by Crippen LogP contribution is 2.33. The SMILES string of the molecule is NC(Cn1ccn(C2CC2)c1=O)c1cc(F)ccc1F. The lowest BCUT2D eigenvalue weighted by atomic mass is 10.1. The lowest BCUT2D eigenvalue weighted by Crippen LogP contribution is -2.28. The average molecular weight is 279 g/mol. The van der Waals surface area contributed by atoms with Crippen molar-refractivity contribution in [3.8, 4) is 0 Å². The molecular weight excluding hydrogens is 264 g/mol. The van der Waals surface area contributed by atoms with Crippen LogP contribution in [0.3, 0.4) is 0 Å². The van der Waals surface area contributed by atoms with Crippen molar-refractivity contribution in [2.75, 3.05) is 0 Å². The number of hydrogen-bond acceptors (Lipinski definition) is 2. The second kappa shape index (κ2) is 4.86. The summed E-state index contributed by atoms with van der Waals surface area (Å²) >= 11 is 0. The van der Waals surface area contributed by atoms with Gasteiger partial charge in [0.25, 0.3) is 0 Å². The predicted octanol–water partition coefficient (Wildman–Crippen LogP) is 1.96. The molecule has 1 saturated carbocycles. The molecule has 2 aromatic rings. The predicted molar refractivity (Wildman–Crippen MR) is 70.2 cm³/mol. The monoisotopic (exact) mass is 279 g/mol. The van der Waals surface area contributed by atoms with Crippen LogP contribution in [-0.2, 0) is 6.54 Å². The van der Waals surface area contributed by atoms with Crippen LogP contribution < -0.4 is 11.4 Å². The minimum Gasteiger partial charge on any atom is -0.322 e. The molecule has 4 nitrogen and oxygen atoms in total. The summed E-state index contributed by atoms with van der Waals surface area (Å²) in [6.45, 7) is 0.124. The first-order valence-corrected chi connectivity index (χ1v) is 6.54. The third kappa shape index (κ3) is 2.38. The molecule has 2 N–H and O–H groups in total. The lowest BCUT2D eigenvalue weighted by molar-refractivity contribution is 0.508. The quantitative estimate of drug-likeness (QED) is 0.930. The third-order valence-electron chi connectivity index (χ3n) is 3.56. The minimum absolute atomic E-state index is 0.0797. The summed E-state index contributed by atoms with van der Waals surface area (Å²) in [5.74, 6) is -1.10. The number of hydrogen-bond donors (Lipinski definition) is 1. The molecule has 106 valence electrons. The van der Waals surface area contributed by atoms with Gasteiger partial charge < -0.3 is 5.73 Å². The van der Waals surface area contributed by atoms with E-state index >= 15 is 0 Å². The van der Waals surface area contributed by atoms with E-state index in [4.69, 9.17) is 5.73 Å². The van der Waals surface area contributed by atoms with E-state index in [9.17, 15) is 13.6 Å². The molecule has 0 amide bonds. The number of aromatic nitrogens is 2. The first-order valence-electron chi connectivity index (χ1n) is 6.54. The van der Waals surface area contributed by atoms with Crippen molar-refractivity contribution in [3.63, 3.8) is 0 Å². The van der Waals surface area contributed by atoms with Crippen molar-refractivity contribution in [2.45, 2.75) is 31.5 Å². The van der Waals surface area contributed by atoms with Crippen LogP contribution in [0.4, 0.5) is 8.78 Å². The highest BCUT2D eigenvalue weighted by molar-refractivity contribution is 5.22. The van der Waals surface area contributed by atoms with Crippen LogP contribution in [0.25, 0.3) is 0 Å². The van der Waals surface area contributed by atoms with Gasteiger partial charge in [-0.25, -0.2) is 13.6 Å². The van der Waals surface area contributed by atoms with Crippen LogP contribution in [0.15, 0.2) is 35.4 Å². The lowest BCUT2D eigenvalue weighted by Gasteiger charge is -2.13. The Balaban J connectivity index is 1.83. The standard InChI is InChI=1S/C14H15F2N3O/c15-9-1-4-12(16)11(7-9)13(17)8-18-5-6-19(14(18)20)10-2-3-10/h1,4-7,10,13H,2-3,8,17H2. The highest BCUT2D eigenvalue weighted by Gasteiger charge is 2.26. The normalized spacial score (nSPS) is 16.4. The smallest absolute Gasteiger partial charge is 0.322 e. The molecule has 6 heteroatoms. The van der Waals surface area contributed by atoms with Gasteiger partial charge in [-0.3, -0.25) is 9.13 Å². The van der Waals surface area contributed by atoms with E-state index in [1.807, 2.05) is 0 Å². The summed E-state index contributed by atoms with van der Waals surface area (Å²) in [5.41, 5.74) is 5.82. The highest BCUT2D eigenvalue weighted by atomic mass is 19.1. The zero-order chi connectivity index (χ0) is 14.3. The summed E-state index contributed by atoms with van der Waals surface area (Å²) in [4.78, 5) is 12.1. The van der Waals surface area contributed by atoms with E-state index in [0.29, 0.717) is 0 Å². The van der Waals surface area contributed by atoms with Gasteiger partial charge in [0, 0.05) is 30.5 Å². The van der Waals surface area contributed by atoms with Gasteiger partial charge in [0.1, 0.15) is 11.6 Å². The third-order valence-corrected chi connectivity index (χ3v) is 3.56. The molecule has 20 heavy (non-hydrogen) atoms. The molecule has 1 aromatic carbocycles. The van der Waals surface area contributed by atoms with Gasteiger partial charge in [0.15, 0.2) is 0 Å². The molecule has 1 atom stereocenters. The van der Waals surface area contributed by atoms with Gasteiger partial charge in [-0.15, -0.1) is 0 Å². The van der Waals surface area contributed by atoms with Crippen molar-refractivity contribution in [1.82, 2.24) is 9.13 Å². The van der Waals surface area contributed by atoms with Crippen molar-refractivity contribution in [1.29, 1.82) is 0 Å². The van der Waals surface area contributed by atoms with Gasteiger partial charge in [-0.2, -0.15) is 0 Å². The molecule has 1 aliphatic carbocycles. The Morgan fingerprint density at radius 2 is 2.05 bits per heavy atom. The van der Waals surface area contributed by atoms with E-state index in [1.54, 1.807) is 17.0 Å². The zero-order valence-electron chi connectivity index (χ0n) is 10.8. The van der Waals surface area contributed by atoms with Gasteiger partial charge in [0.05, 0.1) is 6.04 Å². The molecule has 0 bridgehead atoms. The van der Waals surface area contributed by atoms with Crippen molar-refractivity contribution in [3.05, 3.63) is 58.3 Å². The first-order chi connectivity index (χ1) is 9.56. The summed E-state index contributed by atoms with van der Waals surface area (Å²) in [5, 5.41) is 0. The topological polar surface area (TPSA) is 52.9 Å². The Morgan fingerprint density at radius 1 is 1.30 bits per heavy atom. The molecule has 1 unspecified atom stereocenters. The maximum atomic E-state index is 13.6. The van der Waals surface area contributed by atoms with Crippen molar-refractivity contribution < 1.29 is 8.78 Å². The molecule has 0 saturated heterocycles. The summed E-state index contributed by atoms with van der Waals surface area (Å²) in [7, 11) is 0. The maximum Gasteiger partial charge on any atom is 0.328 e. The zero-order valence-corrected chi connectivity index (χ0v) is 10.8. The van der Waals surface area contributed by atoms with E-state index in [0.717, 1.165) is 31.0 Å². The summed E-state index contributed by atoms with van der Waals surface area (Å²) in [6.07, 6.45) is 5.37. The first kappa shape index (κ1) is 13.1. The fourth-order valence-corrected chi connectivity index (χ4v) is 2.31. The van der Waals surface area contributed by atoms with E-state index in [2.05, 4.69) is 0 Å². The van der Waals surface area contributed by atoms with Crippen LogP contribution in [-0.4, -0.2) is 9.13 Å².